The van der Waals surface area contributed by atoms with Gasteiger partial charge in [-0.2, -0.15) is 0 Å². The number of rotatable bonds is 5. The first-order chi connectivity index (χ1) is 11.1. The van der Waals surface area contributed by atoms with Crippen LogP contribution in [0.2, 0.25) is 0 Å². The number of thiazole rings is 1. The number of carboxylic acid groups (broad SMARTS) is 1. The predicted octanol–water partition coefficient (Wildman–Crippen LogP) is 3.55. The first kappa shape index (κ1) is 15.8. The smallest absolute Gasteiger partial charge is 0.335 e. The van der Waals surface area contributed by atoms with Crippen LogP contribution >= 0.6 is 11.3 Å². The quantitative estimate of drug-likeness (QED) is 0.906. The summed E-state index contributed by atoms with van der Waals surface area (Å²) in [4.78, 5) is 17.0. The zero-order chi connectivity index (χ0) is 16.4. The van der Waals surface area contributed by atoms with Crippen molar-refractivity contribution in [2.75, 3.05) is 7.11 Å². The van der Waals surface area contributed by atoms with Gasteiger partial charge in [-0.1, -0.05) is 6.92 Å². The molecular formula is C17H19NO4S. The van der Waals surface area contributed by atoms with E-state index in [4.69, 9.17) is 14.6 Å². The lowest BCUT2D eigenvalue weighted by Gasteiger charge is -2.15. The van der Waals surface area contributed by atoms with Crippen LogP contribution in [0.25, 0.3) is 0 Å². The summed E-state index contributed by atoms with van der Waals surface area (Å²) in [5.74, 6) is 0.677. The van der Waals surface area contributed by atoms with Crippen LogP contribution in [0.3, 0.4) is 0 Å². The molecule has 23 heavy (non-hydrogen) atoms. The molecule has 0 radical (unpaired) electrons. The maximum absolute atomic E-state index is 11.0. The van der Waals surface area contributed by atoms with Crippen molar-refractivity contribution in [1.29, 1.82) is 0 Å². The number of carbonyl (C=O) groups is 1. The molecule has 0 bridgehead atoms. The van der Waals surface area contributed by atoms with E-state index in [-0.39, 0.29) is 5.56 Å². The van der Waals surface area contributed by atoms with Gasteiger partial charge in [-0.3, -0.25) is 0 Å². The predicted molar refractivity (Wildman–Crippen MR) is 87.6 cm³/mol. The zero-order valence-corrected chi connectivity index (χ0v) is 14.0. The number of benzene rings is 1. The van der Waals surface area contributed by atoms with Crippen LogP contribution in [0.1, 0.15) is 39.3 Å². The lowest BCUT2D eigenvalue weighted by molar-refractivity contribution is 0.0696. The lowest BCUT2D eigenvalue weighted by Crippen LogP contribution is -2.09. The molecule has 1 N–H and O–H groups in total. The Labute approximate surface area is 138 Å². The number of aryl methyl sites for hydroxylation is 1. The summed E-state index contributed by atoms with van der Waals surface area (Å²) < 4.78 is 11.0. The highest BCUT2D eigenvalue weighted by Crippen LogP contribution is 2.32. The number of hydrogen-bond donors (Lipinski definition) is 1. The van der Waals surface area contributed by atoms with Crippen molar-refractivity contribution in [1.82, 2.24) is 4.98 Å². The summed E-state index contributed by atoms with van der Waals surface area (Å²) in [7, 11) is 1.50. The Bertz CT molecular complexity index is 725. The minimum absolute atomic E-state index is 0.174. The molecule has 1 aromatic carbocycles. The second-order valence-electron chi connectivity index (χ2n) is 5.78. The minimum Gasteiger partial charge on any atom is -0.493 e. The van der Waals surface area contributed by atoms with Gasteiger partial charge in [-0.25, -0.2) is 9.78 Å². The maximum atomic E-state index is 11.0. The molecular weight excluding hydrogens is 314 g/mol. The lowest BCUT2D eigenvalue weighted by atomic mass is 9.93. The van der Waals surface area contributed by atoms with E-state index in [1.807, 2.05) is 0 Å². The Balaban J connectivity index is 1.72. The molecule has 122 valence electrons. The summed E-state index contributed by atoms with van der Waals surface area (Å²) in [6.07, 6.45) is 3.34. The van der Waals surface area contributed by atoms with Crippen molar-refractivity contribution >= 4 is 17.3 Å². The summed E-state index contributed by atoms with van der Waals surface area (Å²) in [6.45, 7) is 2.64. The van der Waals surface area contributed by atoms with Crippen LogP contribution in [0.15, 0.2) is 18.2 Å². The Morgan fingerprint density at radius 2 is 2.26 bits per heavy atom. The molecule has 1 aliphatic rings. The van der Waals surface area contributed by atoms with Gasteiger partial charge in [-0.05, 0) is 43.4 Å². The molecule has 0 amide bonds. The standard InChI is InChI=1S/C17H19NO4S/c1-10-3-5-12-15(7-10)23-16(18-12)9-22-13-6-4-11(17(19)20)8-14(13)21-2/h4,6,8,10H,3,5,7,9H2,1-2H3,(H,19,20). The van der Waals surface area contributed by atoms with E-state index in [0.717, 1.165) is 23.8 Å². The van der Waals surface area contributed by atoms with Crippen molar-refractivity contribution in [2.24, 2.45) is 5.92 Å². The molecule has 1 atom stereocenters. The van der Waals surface area contributed by atoms with Crippen LogP contribution in [-0.4, -0.2) is 23.2 Å². The Kier molecular flexibility index (Phi) is 4.52. The van der Waals surface area contributed by atoms with Crippen molar-refractivity contribution < 1.29 is 19.4 Å². The highest BCUT2D eigenvalue weighted by atomic mass is 32.1. The summed E-state index contributed by atoms with van der Waals surface area (Å²) in [5.41, 5.74) is 1.38. The molecule has 1 aliphatic carbocycles. The molecule has 1 aromatic heterocycles. The first-order valence-electron chi connectivity index (χ1n) is 7.58. The molecule has 1 heterocycles. The van der Waals surface area contributed by atoms with Gasteiger partial charge in [0, 0.05) is 4.88 Å². The van der Waals surface area contributed by atoms with Gasteiger partial charge in [-0.15, -0.1) is 11.3 Å². The minimum atomic E-state index is -0.989. The Hall–Kier alpha value is -2.08. The Morgan fingerprint density at radius 3 is 3.00 bits per heavy atom. The average Bonchev–Trinajstić information content (AvgIpc) is 2.94. The largest absolute Gasteiger partial charge is 0.493 e. The molecule has 1 unspecified atom stereocenters. The van der Waals surface area contributed by atoms with E-state index in [1.165, 1.54) is 36.2 Å². The monoisotopic (exact) mass is 333 g/mol. The number of carboxylic acids is 1. The molecule has 0 aliphatic heterocycles. The number of hydrogen-bond acceptors (Lipinski definition) is 5. The topological polar surface area (TPSA) is 68.7 Å². The fraction of sp³-hybridized carbons (Fsp3) is 0.412. The fourth-order valence-electron chi connectivity index (χ4n) is 2.71. The third-order valence-electron chi connectivity index (χ3n) is 3.99. The molecule has 0 saturated heterocycles. The van der Waals surface area contributed by atoms with E-state index in [9.17, 15) is 4.79 Å². The van der Waals surface area contributed by atoms with Crippen molar-refractivity contribution in [3.05, 3.63) is 39.3 Å². The van der Waals surface area contributed by atoms with E-state index >= 15 is 0 Å². The van der Waals surface area contributed by atoms with Crippen molar-refractivity contribution in [3.8, 4) is 11.5 Å². The van der Waals surface area contributed by atoms with Gasteiger partial charge >= 0.3 is 5.97 Å². The van der Waals surface area contributed by atoms with E-state index in [2.05, 4.69) is 11.9 Å². The summed E-state index contributed by atoms with van der Waals surface area (Å²) >= 11 is 1.71. The highest BCUT2D eigenvalue weighted by Gasteiger charge is 2.20. The first-order valence-corrected chi connectivity index (χ1v) is 8.40. The SMILES string of the molecule is COc1cc(C(=O)O)ccc1OCc1nc2c(s1)CC(C)CC2. The van der Waals surface area contributed by atoms with E-state index < -0.39 is 5.97 Å². The number of ether oxygens (including phenoxy) is 2. The molecule has 3 rings (SSSR count). The molecule has 6 heteroatoms. The van der Waals surface area contributed by atoms with Crippen LogP contribution in [0, 0.1) is 5.92 Å². The third-order valence-corrected chi connectivity index (χ3v) is 5.09. The van der Waals surface area contributed by atoms with E-state index in [0.29, 0.717) is 18.1 Å². The molecule has 0 spiro atoms. The average molecular weight is 333 g/mol. The van der Waals surface area contributed by atoms with Crippen molar-refractivity contribution in [3.63, 3.8) is 0 Å². The zero-order valence-electron chi connectivity index (χ0n) is 13.2. The normalized spacial score (nSPS) is 16.7. The van der Waals surface area contributed by atoms with Gasteiger partial charge < -0.3 is 14.6 Å². The third kappa shape index (κ3) is 3.47. The summed E-state index contributed by atoms with van der Waals surface area (Å²) in [6, 6.07) is 4.60. The Morgan fingerprint density at radius 1 is 1.43 bits per heavy atom. The molecule has 2 aromatic rings. The number of methoxy groups -OCH3 is 1. The number of aromatic nitrogens is 1. The van der Waals surface area contributed by atoms with Gasteiger partial charge in [0.15, 0.2) is 11.5 Å². The van der Waals surface area contributed by atoms with Crippen LogP contribution in [0.4, 0.5) is 0 Å². The second kappa shape index (κ2) is 6.58. The number of fused-ring (bicyclic) bond motifs is 1. The van der Waals surface area contributed by atoms with Gasteiger partial charge in [0.05, 0.1) is 18.4 Å². The second-order valence-corrected chi connectivity index (χ2v) is 6.95. The van der Waals surface area contributed by atoms with Gasteiger partial charge in [0.2, 0.25) is 0 Å². The summed E-state index contributed by atoms with van der Waals surface area (Å²) in [5, 5.41) is 9.97. The molecule has 5 nitrogen and oxygen atoms in total. The van der Waals surface area contributed by atoms with Crippen LogP contribution < -0.4 is 9.47 Å². The van der Waals surface area contributed by atoms with Crippen LogP contribution in [-0.2, 0) is 19.4 Å². The fourth-order valence-corrected chi connectivity index (χ4v) is 3.91. The van der Waals surface area contributed by atoms with Crippen LogP contribution in [0.5, 0.6) is 11.5 Å². The van der Waals surface area contributed by atoms with Gasteiger partial charge in [0.25, 0.3) is 0 Å². The number of aromatic carboxylic acids is 1. The van der Waals surface area contributed by atoms with Crippen molar-refractivity contribution in [2.45, 2.75) is 32.8 Å². The maximum Gasteiger partial charge on any atom is 0.335 e. The van der Waals surface area contributed by atoms with Gasteiger partial charge in [0.1, 0.15) is 11.6 Å². The molecule has 0 fully saturated rings. The molecule has 0 saturated carbocycles. The highest BCUT2D eigenvalue weighted by molar-refractivity contribution is 7.11. The number of nitrogens with zero attached hydrogens (tertiary/aromatic N) is 1. The van der Waals surface area contributed by atoms with E-state index in [1.54, 1.807) is 17.4 Å².